The molecule has 0 bridgehead atoms. The summed E-state index contributed by atoms with van der Waals surface area (Å²) >= 11 is 0. The first-order valence-electron chi connectivity index (χ1n) is 10.9. The molecule has 0 atom stereocenters. The number of carbonyl (C=O) groups is 1. The molecule has 168 valence electrons. The van der Waals surface area contributed by atoms with Crippen LogP contribution in [0.25, 0.3) is 22.5 Å². The fraction of sp³-hybridized carbons (Fsp3) is 0.200. The summed E-state index contributed by atoms with van der Waals surface area (Å²) < 4.78 is 0. The van der Waals surface area contributed by atoms with Crippen molar-refractivity contribution in [3.8, 4) is 28.3 Å². The predicted molar refractivity (Wildman–Crippen MR) is 127 cm³/mol. The minimum atomic E-state index is -0.239. The van der Waals surface area contributed by atoms with E-state index in [1.54, 1.807) is 29.2 Å². The number of para-hydroxylation sites is 2. The molecule has 0 saturated heterocycles. The molecule has 0 spiro atoms. The number of rotatable bonds is 8. The molecule has 1 aromatic heterocycles. The number of urea groups is 1. The number of aromatic nitrogens is 4. The molecular weight excluding hydrogens is 416 g/mol. The van der Waals surface area contributed by atoms with Gasteiger partial charge in [-0.25, -0.2) is 4.79 Å². The minimum absolute atomic E-state index is 0.0471. The number of aromatic amines is 1. The Kier molecular flexibility index (Phi) is 6.94. The summed E-state index contributed by atoms with van der Waals surface area (Å²) in [5.74, 6) is 0.590. The molecule has 0 fully saturated rings. The zero-order valence-corrected chi connectivity index (χ0v) is 18.4. The van der Waals surface area contributed by atoms with E-state index in [2.05, 4.69) is 32.9 Å². The van der Waals surface area contributed by atoms with E-state index in [-0.39, 0.29) is 11.8 Å². The van der Waals surface area contributed by atoms with Gasteiger partial charge in [0.25, 0.3) is 0 Å². The SMILES string of the molecule is CCCCN(Cc1ccc(-c2ccccc2-c2nn[nH]n2)cc1)C(=O)Nc1ccccc1O. The number of carbonyl (C=O) groups excluding carboxylic acids is 1. The van der Waals surface area contributed by atoms with Crippen LogP contribution in [-0.4, -0.2) is 43.2 Å². The van der Waals surface area contributed by atoms with E-state index in [0.29, 0.717) is 24.6 Å². The third-order valence-electron chi connectivity index (χ3n) is 5.37. The van der Waals surface area contributed by atoms with Gasteiger partial charge in [0.15, 0.2) is 0 Å². The Hall–Kier alpha value is -4.20. The van der Waals surface area contributed by atoms with Gasteiger partial charge in [-0.3, -0.25) is 0 Å². The van der Waals surface area contributed by atoms with Crippen LogP contribution >= 0.6 is 0 Å². The van der Waals surface area contributed by atoms with Crippen molar-refractivity contribution in [1.82, 2.24) is 25.5 Å². The molecule has 8 nitrogen and oxygen atoms in total. The summed E-state index contributed by atoms with van der Waals surface area (Å²) in [6, 6.07) is 22.5. The molecule has 0 saturated carbocycles. The van der Waals surface area contributed by atoms with Crippen LogP contribution in [0.5, 0.6) is 5.75 Å². The molecule has 8 heteroatoms. The maximum Gasteiger partial charge on any atom is 0.322 e. The number of hydrogen-bond acceptors (Lipinski definition) is 5. The lowest BCUT2D eigenvalue weighted by molar-refractivity contribution is 0.208. The van der Waals surface area contributed by atoms with E-state index < -0.39 is 0 Å². The molecule has 0 aliphatic rings. The standard InChI is InChI=1S/C25H26N6O2/c1-2-3-16-31(25(33)26-22-10-6-7-11-23(22)32)17-18-12-14-19(15-13-18)20-8-4-5-9-21(20)24-27-29-30-28-24/h4-15,32H,2-3,16-17H2,1H3,(H,26,33)(H,27,28,29,30). The fourth-order valence-electron chi connectivity index (χ4n) is 3.59. The molecule has 33 heavy (non-hydrogen) atoms. The Labute approximate surface area is 192 Å². The number of benzene rings is 3. The number of unbranched alkanes of at least 4 members (excludes halogenated alkanes) is 1. The normalized spacial score (nSPS) is 10.7. The topological polar surface area (TPSA) is 107 Å². The third-order valence-corrected chi connectivity index (χ3v) is 5.37. The Balaban J connectivity index is 1.52. The lowest BCUT2D eigenvalue weighted by Crippen LogP contribution is -2.35. The number of phenolic OH excluding ortho intramolecular Hbond substituents is 1. The zero-order valence-electron chi connectivity index (χ0n) is 18.4. The lowest BCUT2D eigenvalue weighted by Gasteiger charge is -2.23. The molecule has 0 radical (unpaired) electrons. The number of aromatic hydroxyl groups is 1. The molecule has 4 aromatic rings. The molecule has 1 heterocycles. The van der Waals surface area contributed by atoms with Gasteiger partial charge in [-0.2, -0.15) is 5.21 Å². The first kappa shape index (κ1) is 22.0. The number of H-pyrrole nitrogens is 1. The number of hydrogen-bond donors (Lipinski definition) is 3. The summed E-state index contributed by atoms with van der Waals surface area (Å²) in [6.07, 6.45) is 1.87. The molecule has 3 N–H and O–H groups in total. The minimum Gasteiger partial charge on any atom is -0.506 e. The van der Waals surface area contributed by atoms with Crippen molar-refractivity contribution in [2.45, 2.75) is 26.3 Å². The molecule has 0 aliphatic carbocycles. The van der Waals surface area contributed by atoms with E-state index in [0.717, 1.165) is 35.1 Å². The second kappa shape index (κ2) is 10.4. The van der Waals surface area contributed by atoms with Gasteiger partial charge in [0, 0.05) is 18.7 Å². The highest BCUT2D eigenvalue weighted by Crippen LogP contribution is 2.30. The van der Waals surface area contributed by atoms with Gasteiger partial charge in [-0.1, -0.05) is 74.0 Å². The summed E-state index contributed by atoms with van der Waals surface area (Å²) in [5.41, 5.74) is 4.34. The average molecular weight is 443 g/mol. The van der Waals surface area contributed by atoms with Crippen LogP contribution in [0.3, 0.4) is 0 Å². The maximum atomic E-state index is 12.9. The van der Waals surface area contributed by atoms with Crippen LogP contribution in [0.15, 0.2) is 72.8 Å². The van der Waals surface area contributed by atoms with E-state index in [9.17, 15) is 9.90 Å². The third kappa shape index (κ3) is 5.35. The Bertz CT molecular complexity index is 1190. The quantitative estimate of drug-likeness (QED) is 0.330. The second-order valence-electron chi connectivity index (χ2n) is 7.70. The summed E-state index contributed by atoms with van der Waals surface area (Å²) in [4.78, 5) is 14.7. The van der Waals surface area contributed by atoms with E-state index in [1.807, 2.05) is 48.5 Å². The number of amides is 2. The van der Waals surface area contributed by atoms with Gasteiger partial charge in [0.05, 0.1) is 5.69 Å². The van der Waals surface area contributed by atoms with Crippen molar-refractivity contribution < 1.29 is 9.90 Å². The van der Waals surface area contributed by atoms with E-state index in [1.165, 1.54) is 0 Å². The Morgan fingerprint density at radius 3 is 2.42 bits per heavy atom. The first-order valence-corrected chi connectivity index (χ1v) is 10.9. The molecule has 0 unspecified atom stereocenters. The van der Waals surface area contributed by atoms with Crippen LogP contribution in [0.4, 0.5) is 10.5 Å². The number of tetrazole rings is 1. The van der Waals surface area contributed by atoms with Crippen molar-refractivity contribution in [3.63, 3.8) is 0 Å². The van der Waals surface area contributed by atoms with Gasteiger partial charge >= 0.3 is 6.03 Å². The van der Waals surface area contributed by atoms with Crippen molar-refractivity contribution in [2.24, 2.45) is 0 Å². The Morgan fingerprint density at radius 2 is 1.73 bits per heavy atom. The highest BCUT2D eigenvalue weighted by atomic mass is 16.3. The van der Waals surface area contributed by atoms with Gasteiger partial charge in [-0.05, 0) is 40.5 Å². The smallest absolute Gasteiger partial charge is 0.322 e. The number of anilines is 1. The molecular formula is C25H26N6O2. The van der Waals surface area contributed by atoms with E-state index >= 15 is 0 Å². The summed E-state index contributed by atoms with van der Waals surface area (Å²) in [5, 5.41) is 27.2. The summed E-state index contributed by atoms with van der Waals surface area (Å²) in [6.45, 7) is 3.18. The van der Waals surface area contributed by atoms with Crippen molar-refractivity contribution >= 4 is 11.7 Å². The first-order chi connectivity index (χ1) is 16.2. The van der Waals surface area contributed by atoms with Crippen molar-refractivity contribution in [2.75, 3.05) is 11.9 Å². The largest absolute Gasteiger partial charge is 0.506 e. The van der Waals surface area contributed by atoms with Gasteiger partial charge in [0.2, 0.25) is 5.82 Å². The highest BCUT2D eigenvalue weighted by Gasteiger charge is 2.16. The van der Waals surface area contributed by atoms with E-state index in [4.69, 9.17) is 0 Å². The summed E-state index contributed by atoms with van der Waals surface area (Å²) in [7, 11) is 0. The molecule has 3 aromatic carbocycles. The molecule has 0 aliphatic heterocycles. The van der Waals surface area contributed by atoms with Crippen molar-refractivity contribution in [3.05, 3.63) is 78.4 Å². The average Bonchev–Trinajstić information content (AvgIpc) is 3.38. The second-order valence-corrected chi connectivity index (χ2v) is 7.70. The van der Waals surface area contributed by atoms with Crippen LogP contribution in [-0.2, 0) is 6.54 Å². The zero-order chi connectivity index (χ0) is 23.0. The van der Waals surface area contributed by atoms with Gasteiger partial charge in [0.1, 0.15) is 5.75 Å². The van der Waals surface area contributed by atoms with Crippen LogP contribution in [0.1, 0.15) is 25.3 Å². The van der Waals surface area contributed by atoms with Crippen LogP contribution < -0.4 is 5.32 Å². The molecule has 4 rings (SSSR count). The van der Waals surface area contributed by atoms with Crippen LogP contribution in [0, 0.1) is 0 Å². The number of nitrogens with zero attached hydrogens (tertiary/aromatic N) is 4. The maximum absolute atomic E-state index is 12.9. The predicted octanol–water partition coefficient (Wildman–Crippen LogP) is 5.07. The monoisotopic (exact) mass is 442 g/mol. The van der Waals surface area contributed by atoms with Crippen LogP contribution in [0.2, 0.25) is 0 Å². The highest BCUT2D eigenvalue weighted by molar-refractivity contribution is 5.90. The van der Waals surface area contributed by atoms with Crippen molar-refractivity contribution in [1.29, 1.82) is 0 Å². The number of phenols is 1. The molecule has 2 amide bonds. The van der Waals surface area contributed by atoms with Gasteiger partial charge < -0.3 is 15.3 Å². The lowest BCUT2D eigenvalue weighted by atomic mass is 9.98. The Morgan fingerprint density at radius 1 is 1.00 bits per heavy atom. The fourth-order valence-corrected chi connectivity index (χ4v) is 3.59. The van der Waals surface area contributed by atoms with Gasteiger partial charge in [-0.15, -0.1) is 10.2 Å². The number of nitrogens with one attached hydrogen (secondary N) is 2.